The Balaban J connectivity index is 2.10. The van der Waals surface area contributed by atoms with Gasteiger partial charge in [-0.15, -0.1) is 0 Å². The molecule has 98 valence electrons. The Morgan fingerprint density at radius 2 is 1.83 bits per heavy atom. The molecule has 1 nitrogen and oxygen atoms in total. The van der Waals surface area contributed by atoms with E-state index in [9.17, 15) is 0 Å². The second-order valence-electron chi connectivity index (χ2n) is 4.89. The lowest BCUT2D eigenvalue weighted by Gasteiger charge is -2.17. The third kappa shape index (κ3) is 3.50. The van der Waals surface area contributed by atoms with Gasteiger partial charge in [0.15, 0.2) is 0 Å². The van der Waals surface area contributed by atoms with Crippen molar-refractivity contribution in [3.63, 3.8) is 0 Å². The molecule has 0 amide bonds. The molecule has 0 aliphatic heterocycles. The molecule has 1 aliphatic rings. The van der Waals surface area contributed by atoms with Gasteiger partial charge in [-0.25, -0.2) is 0 Å². The molecule has 1 atom stereocenters. The van der Waals surface area contributed by atoms with Crippen LogP contribution in [0.2, 0.25) is 10.0 Å². The number of hydrogen-bond acceptors (Lipinski definition) is 1. The Labute approximate surface area is 119 Å². The van der Waals surface area contributed by atoms with Crippen LogP contribution in [-0.4, -0.2) is 6.04 Å². The minimum absolute atomic E-state index is 0.0421. The largest absolute Gasteiger partial charge is 0.324 e. The van der Waals surface area contributed by atoms with Crippen molar-refractivity contribution in [3.8, 4) is 0 Å². The van der Waals surface area contributed by atoms with Gasteiger partial charge in [0.2, 0.25) is 0 Å². The Morgan fingerprint density at radius 1 is 1.11 bits per heavy atom. The van der Waals surface area contributed by atoms with Crippen molar-refractivity contribution in [1.82, 2.24) is 0 Å². The number of halogens is 2. The number of allylic oxidation sites excluding steroid dienone is 1. The van der Waals surface area contributed by atoms with Crippen LogP contribution < -0.4 is 5.73 Å². The van der Waals surface area contributed by atoms with Crippen molar-refractivity contribution < 1.29 is 0 Å². The minimum Gasteiger partial charge on any atom is -0.324 e. The molecule has 0 spiro atoms. The summed E-state index contributed by atoms with van der Waals surface area (Å²) in [6.07, 6.45) is 9.13. The molecule has 1 aromatic carbocycles. The van der Waals surface area contributed by atoms with Gasteiger partial charge >= 0.3 is 0 Å². The van der Waals surface area contributed by atoms with E-state index in [1.807, 2.05) is 18.2 Å². The number of benzene rings is 1. The molecule has 1 aliphatic carbocycles. The monoisotopic (exact) mass is 283 g/mol. The van der Waals surface area contributed by atoms with Crippen molar-refractivity contribution in [1.29, 1.82) is 0 Å². The zero-order valence-electron chi connectivity index (χ0n) is 10.5. The average Bonchev–Trinajstić information content (AvgIpc) is 2.62. The molecule has 0 bridgehead atoms. The standard InChI is InChI=1S/C15H19Cl2N/c16-13-8-5-9-14(17)12(13)10-15(18)11-6-3-1-2-4-7-11/h5-6,8-9,15H,1-4,7,10,18H2. The molecule has 0 saturated heterocycles. The van der Waals surface area contributed by atoms with Gasteiger partial charge in [-0.1, -0.05) is 47.3 Å². The van der Waals surface area contributed by atoms with E-state index < -0.39 is 0 Å². The van der Waals surface area contributed by atoms with Gasteiger partial charge in [0.1, 0.15) is 0 Å². The summed E-state index contributed by atoms with van der Waals surface area (Å²) in [6, 6.07) is 5.65. The van der Waals surface area contributed by atoms with E-state index in [4.69, 9.17) is 28.9 Å². The molecule has 1 unspecified atom stereocenters. The van der Waals surface area contributed by atoms with Crippen LogP contribution in [0.5, 0.6) is 0 Å². The quantitative estimate of drug-likeness (QED) is 0.796. The summed E-state index contributed by atoms with van der Waals surface area (Å²) in [4.78, 5) is 0. The zero-order valence-corrected chi connectivity index (χ0v) is 12.0. The zero-order chi connectivity index (χ0) is 13.0. The van der Waals surface area contributed by atoms with Crippen molar-refractivity contribution in [3.05, 3.63) is 45.5 Å². The van der Waals surface area contributed by atoms with Gasteiger partial charge in [-0.3, -0.25) is 0 Å². The van der Waals surface area contributed by atoms with Gasteiger partial charge in [0, 0.05) is 16.1 Å². The van der Waals surface area contributed by atoms with E-state index in [-0.39, 0.29) is 6.04 Å². The first kappa shape index (κ1) is 13.9. The predicted molar refractivity (Wildman–Crippen MR) is 79.3 cm³/mol. The summed E-state index contributed by atoms with van der Waals surface area (Å²) < 4.78 is 0. The molecule has 0 radical (unpaired) electrons. The minimum atomic E-state index is 0.0421. The molecule has 0 saturated carbocycles. The third-order valence-electron chi connectivity index (χ3n) is 3.54. The van der Waals surface area contributed by atoms with Crippen molar-refractivity contribution >= 4 is 23.2 Å². The summed E-state index contributed by atoms with van der Waals surface area (Å²) >= 11 is 12.4. The van der Waals surface area contributed by atoms with E-state index in [1.54, 1.807) is 0 Å². The highest BCUT2D eigenvalue weighted by Gasteiger charge is 2.15. The van der Waals surface area contributed by atoms with Crippen LogP contribution in [0.15, 0.2) is 29.8 Å². The molecule has 18 heavy (non-hydrogen) atoms. The number of rotatable bonds is 3. The first-order valence-electron chi connectivity index (χ1n) is 6.56. The highest BCUT2D eigenvalue weighted by atomic mass is 35.5. The molecule has 1 aromatic rings. The van der Waals surface area contributed by atoms with E-state index in [2.05, 4.69) is 6.08 Å². The Kier molecular flexibility index (Phi) is 5.11. The molecule has 2 rings (SSSR count). The van der Waals surface area contributed by atoms with E-state index in [0.717, 1.165) is 24.8 Å². The lowest BCUT2D eigenvalue weighted by Crippen LogP contribution is -2.25. The van der Waals surface area contributed by atoms with Gasteiger partial charge < -0.3 is 5.73 Å². The molecular weight excluding hydrogens is 265 g/mol. The normalized spacial score (nSPS) is 18.1. The maximum atomic E-state index is 6.30. The fourth-order valence-corrected chi connectivity index (χ4v) is 3.01. The summed E-state index contributed by atoms with van der Waals surface area (Å²) in [5.41, 5.74) is 8.64. The van der Waals surface area contributed by atoms with Crippen molar-refractivity contribution in [2.45, 2.75) is 44.6 Å². The summed E-state index contributed by atoms with van der Waals surface area (Å²) in [5.74, 6) is 0. The fourth-order valence-electron chi connectivity index (χ4n) is 2.45. The Morgan fingerprint density at radius 3 is 2.56 bits per heavy atom. The van der Waals surface area contributed by atoms with Gasteiger partial charge in [-0.2, -0.15) is 0 Å². The Hall–Kier alpha value is -0.500. The van der Waals surface area contributed by atoms with Gasteiger partial charge in [-0.05, 0) is 49.8 Å². The van der Waals surface area contributed by atoms with Gasteiger partial charge in [0.05, 0.1) is 0 Å². The van der Waals surface area contributed by atoms with Crippen molar-refractivity contribution in [2.24, 2.45) is 5.73 Å². The highest BCUT2D eigenvalue weighted by Crippen LogP contribution is 2.28. The van der Waals surface area contributed by atoms with Crippen LogP contribution in [0.1, 0.15) is 37.7 Å². The van der Waals surface area contributed by atoms with E-state index >= 15 is 0 Å². The molecule has 0 fully saturated rings. The Bertz CT molecular complexity index is 420. The van der Waals surface area contributed by atoms with E-state index in [0.29, 0.717) is 10.0 Å². The maximum absolute atomic E-state index is 6.30. The lowest BCUT2D eigenvalue weighted by atomic mass is 9.96. The first-order chi connectivity index (χ1) is 8.68. The second-order valence-corrected chi connectivity index (χ2v) is 5.70. The van der Waals surface area contributed by atoms with Crippen LogP contribution >= 0.6 is 23.2 Å². The summed E-state index contributed by atoms with van der Waals surface area (Å²) in [5, 5.41) is 1.43. The molecular formula is C15H19Cl2N. The fraction of sp³-hybridized carbons (Fsp3) is 0.467. The highest BCUT2D eigenvalue weighted by molar-refractivity contribution is 6.36. The first-order valence-corrected chi connectivity index (χ1v) is 7.31. The molecule has 0 heterocycles. The van der Waals surface area contributed by atoms with E-state index in [1.165, 1.54) is 24.8 Å². The lowest BCUT2D eigenvalue weighted by molar-refractivity contribution is 0.672. The summed E-state index contributed by atoms with van der Waals surface area (Å²) in [7, 11) is 0. The SMILES string of the molecule is NC(Cc1c(Cl)cccc1Cl)C1=CCCCCC1. The second kappa shape index (κ2) is 6.60. The van der Waals surface area contributed by atoms with Crippen molar-refractivity contribution in [2.75, 3.05) is 0 Å². The molecule has 2 N–H and O–H groups in total. The van der Waals surface area contributed by atoms with Crippen LogP contribution in [0.25, 0.3) is 0 Å². The van der Waals surface area contributed by atoms with Gasteiger partial charge in [0.25, 0.3) is 0 Å². The topological polar surface area (TPSA) is 26.0 Å². The number of hydrogen-bond donors (Lipinski definition) is 1. The predicted octanol–water partition coefficient (Wildman–Crippen LogP) is 4.75. The smallest absolute Gasteiger partial charge is 0.0453 e. The number of nitrogens with two attached hydrogens (primary N) is 1. The van der Waals surface area contributed by atoms with Crippen LogP contribution in [-0.2, 0) is 6.42 Å². The van der Waals surface area contributed by atoms with Crippen LogP contribution in [0.3, 0.4) is 0 Å². The average molecular weight is 284 g/mol. The van der Waals surface area contributed by atoms with Crippen LogP contribution in [0, 0.1) is 0 Å². The molecule has 3 heteroatoms. The summed E-state index contributed by atoms with van der Waals surface area (Å²) in [6.45, 7) is 0. The third-order valence-corrected chi connectivity index (χ3v) is 4.25. The van der Waals surface area contributed by atoms with Crippen LogP contribution in [0.4, 0.5) is 0 Å². The molecule has 0 aromatic heterocycles. The maximum Gasteiger partial charge on any atom is 0.0453 e.